The molecule has 7 nitrogen and oxygen atoms in total. The first kappa shape index (κ1) is 18.1. The van der Waals surface area contributed by atoms with Crippen LogP contribution in [-0.4, -0.2) is 71.3 Å². The van der Waals surface area contributed by atoms with Gasteiger partial charge in [-0.05, 0) is 25.3 Å². The smallest absolute Gasteiger partial charge is 0.272 e. The predicted octanol–water partition coefficient (Wildman–Crippen LogP) is 1.18. The average Bonchev–Trinajstić information content (AvgIpc) is 2.71. The molecule has 2 fully saturated rings. The third kappa shape index (κ3) is 4.04. The van der Waals surface area contributed by atoms with Gasteiger partial charge < -0.3 is 9.64 Å². The Labute approximate surface area is 158 Å². The second kappa shape index (κ2) is 8.19. The van der Waals surface area contributed by atoms with Crippen molar-refractivity contribution >= 4 is 16.7 Å². The number of hydrogen-bond acceptors (Lipinski definition) is 5. The standard InChI is InChI=1S/C20H26N4O3/c25-19(13-18-16-6-1-2-7-17(16)20(26)22-21-18)24-8-4-3-5-15(24)14-23-9-11-27-12-10-23/h1-2,6-7,15H,3-5,8-14H2,(H,22,26)/t15-/m0/s1. The molecule has 1 aromatic carbocycles. The third-order valence-corrected chi connectivity index (χ3v) is 5.61. The summed E-state index contributed by atoms with van der Waals surface area (Å²) >= 11 is 0. The maximum Gasteiger partial charge on any atom is 0.272 e. The van der Waals surface area contributed by atoms with Crippen molar-refractivity contribution in [3.63, 3.8) is 0 Å². The van der Waals surface area contributed by atoms with Crippen LogP contribution in [0.4, 0.5) is 0 Å². The van der Waals surface area contributed by atoms with Gasteiger partial charge in [0.15, 0.2) is 0 Å². The van der Waals surface area contributed by atoms with Gasteiger partial charge in [-0.1, -0.05) is 18.2 Å². The number of nitrogens with zero attached hydrogens (tertiary/aromatic N) is 3. The molecule has 2 saturated heterocycles. The number of ether oxygens (including phenoxy) is 1. The summed E-state index contributed by atoms with van der Waals surface area (Å²) < 4.78 is 5.43. The molecule has 1 aromatic heterocycles. The van der Waals surface area contributed by atoms with Crippen LogP contribution in [-0.2, 0) is 16.0 Å². The number of aromatic nitrogens is 2. The number of carbonyl (C=O) groups is 1. The molecule has 1 atom stereocenters. The Kier molecular flexibility index (Phi) is 5.50. The number of aromatic amines is 1. The van der Waals surface area contributed by atoms with Gasteiger partial charge >= 0.3 is 0 Å². The lowest BCUT2D eigenvalue weighted by Crippen LogP contribution is -2.51. The molecule has 0 radical (unpaired) electrons. The molecule has 1 N–H and O–H groups in total. The number of nitrogens with one attached hydrogen (secondary N) is 1. The van der Waals surface area contributed by atoms with Crippen LogP contribution >= 0.6 is 0 Å². The number of piperidine rings is 1. The maximum absolute atomic E-state index is 13.1. The summed E-state index contributed by atoms with van der Waals surface area (Å²) in [6.45, 7) is 5.13. The summed E-state index contributed by atoms with van der Waals surface area (Å²) in [4.78, 5) is 29.5. The summed E-state index contributed by atoms with van der Waals surface area (Å²) in [5.74, 6) is 0.0951. The van der Waals surface area contributed by atoms with E-state index in [0.717, 1.165) is 57.6 Å². The summed E-state index contributed by atoms with van der Waals surface area (Å²) in [6.07, 6.45) is 3.48. The zero-order chi connectivity index (χ0) is 18.6. The molecule has 7 heteroatoms. The van der Waals surface area contributed by atoms with E-state index in [1.807, 2.05) is 23.1 Å². The van der Waals surface area contributed by atoms with Crippen molar-refractivity contribution in [2.75, 3.05) is 39.4 Å². The third-order valence-electron chi connectivity index (χ3n) is 5.61. The first-order valence-corrected chi connectivity index (χ1v) is 9.78. The second-order valence-electron chi connectivity index (χ2n) is 7.37. The minimum absolute atomic E-state index is 0.0951. The van der Waals surface area contributed by atoms with Crippen molar-refractivity contribution < 1.29 is 9.53 Å². The predicted molar refractivity (Wildman–Crippen MR) is 103 cm³/mol. The van der Waals surface area contributed by atoms with E-state index in [0.29, 0.717) is 11.1 Å². The lowest BCUT2D eigenvalue weighted by atomic mass is 10.00. The summed E-state index contributed by atoms with van der Waals surface area (Å²) in [5.41, 5.74) is 0.427. The number of amides is 1. The van der Waals surface area contributed by atoms with Crippen molar-refractivity contribution in [2.24, 2.45) is 0 Å². The summed E-state index contributed by atoms with van der Waals surface area (Å²) in [6, 6.07) is 7.58. The molecular formula is C20H26N4O3. The fourth-order valence-electron chi connectivity index (χ4n) is 4.15. The van der Waals surface area contributed by atoms with Crippen LogP contribution in [0.25, 0.3) is 10.8 Å². The topological polar surface area (TPSA) is 78.5 Å². The van der Waals surface area contributed by atoms with Gasteiger partial charge in [0, 0.05) is 37.6 Å². The van der Waals surface area contributed by atoms with E-state index >= 15 is 0 Å². The highest BCUT2D eigenvalue weighted by Gasteiger charge is 2.29. The van der Waals surface area contributed by atoms with E-state index in [2.05, 4.69) is 15.1 Å². The molecule has 2 aromatic rings. The fraction of sp³-hybridized carbons (Fsp3) is 0.550. The fourth-order valence-corrected chi connectivity index (χ4v) is 4.15. The van der Waals surface area contributed by atoms with Gasteiger partial charge in [0.05, 0.1) is 30.7 Å². The van der Waals surface area contributed by atoms with E-state index in [9.17, 15) is 9.59 Å². The molecule has 1 amide bonds. The highest BCUT2D eigenvalue weighted by molar-refractivity contribution is 5.88. The molecule has 0 unspecified atom stereocenters. The van der Waals surface area contributed by atoms with E-state index < -0.39 is 0 Å². The van der Waals surface area contributed by atoms with Crippen molar-refractivity contribution in [1.82, 2.24) is 20.0 Å². The van der Waals surface area contributed by atoms with Crippen molar-refractivity contribution in [3.05, 3.63) is 40.3 Å². The highest BCUT2D eigenvalue weighted by Crippen LogP contribution is 2.21. The van der Waals surface area contributed by atoms with Crippen LogP contribution in [0.5, 0.6) is 0 Å². The molecule has 3 heterocycles. The minimum Gasteiger partial charge on any atom is -0.379 e. The monoisotopic (exact) mass is 370 g/mol. The van der Waals surface area contributed by atoms with Crippen molar-refractivity contribution in [2.45, 2.75) is 31.7 Å². The number of fused-ring (bicyclic) bond motifs is 1. The van der Waals surface area contributed by atoms with E-state index in [-0.39, 0.29) is 23.9 Å². The van der Waals surface area contributed by atoms with Gasteiger partial charge in [0.1, 0.15) is 0 Å². The van der Waals surface area contributed by atoms with Crippen LogP contribution in [0.2, 0.25) is 0 Å². The van der Waals surface area contributed by atoms with Gasteiger partial charge in [0.2, 0.25) is 5.91 Å². The molecule has 0 spiro atoms. The van der Waals surface area contributed by atoms with Crippen LogP contribution in [0.15, 0.2) is 29.1 Å². The Balaban J connectivity index is 1.51. The Bertz CT molecular complexity index is 860. The quantitative estimate of drug-likeness (QED) is 0.874. The number of benzene rings is 1. The number of morpholine rings is 1. The number of H-pyrrole nitrogens is 1. The normalized spacial score (nSPS) is 21.5. The molecule has 0 bridgehead atoms. The number of rotatable bonds is 4. The van der Waals surface area contributed by atoms with Gasteiger partial charge in [-0.2, -0.15) is 5.10 Å². The second-order valence-corrected chi connectivity index (χ2v) is 7.37. The highest BCUT2D eigenvalue weighted by atomic mass is 16.5. The Morgan fingerprint density at radius 1 is 1.15 bits per heavy atom. The van der Waals surface area contributed by atoms with Crippen LogP contribution in [0.3, 0.4) is 0 Å². The molecule has 2 aliphatic rings. The zero-order valence-electron chi connectivity index (χ0n) is 15.5. The largest absolute Gasteiger partial charge is 0.379 e. The zero-order valence-corrected chi connectivity index (χ0v) is 15.5. The van der Waals surface area contributed by atoms with Crippen molar-refractivity contribution in [1.29, 1.82) is 0 Å². The number of carbonyl (C=O) groups excluding carboxylic acids is 1. The molecule has 4 rings (SSSR count). The van der Waals surface area contributed by atoms with Crippen molar-refractivity contribution in [3.8, 4) is 0 Å². The Morgan fingerprint density at radius 2 is 1.93 bits per heavy atom. The van der Waals surface area contributed by atoms with Gasteiger partial charge in [-0.15, -0.1) is 0 Å². The van der Waals surface area contributed by atoms with Gasteiger partial charge in [-0.25, -0.2) is 5.10 Å². The van der Waals surface area contributed by atoms with E-state index in [1.54, 1.807) is 6.07 Å². The molecular weight excluding hydrogens is 344 g/mol. The molecule has 2 aliphatic heterocycles. The summed E-state index contributed by atoms with van der Waals surface area (Å²) in [7, 11) is 0. The van der Waals surface area contributed by atoms with E-state index in [4.69, 9.17) is 4.74 Å². The van der Waals surface area contributed by atoms with Crippen LogP contribution in [0.1, 0.15) is 25.0 Å². The minimum atomic E-state index is -0.218. The summed E-state index contributed by atoms with van der Waals surface area (Å²) in [5, 5.41) is 8.04. The average molecular weight is 370 g/mol. The Hall–Kier alpha value is -2.25. The molecule has 144 valence electrons. The lowest BCUT2D eigenvalue weighted by molar-refractivity contribution is -0.134. The molecule has 27 heavy (non-hydrogen) atoms. The SMILES string of the molecule is O=C(Cc1n[nH]c(=O)c2ccccc12)N1CCCC[C@H]1CN1CCOCC1. The molecule has 0 aliphatic carbocycles. The van der Waals surface area contributed by atoms with Crippen LogP contribution in [0, 0.1) is 0 Å². The lowest BCUT2D eigenvalue weighted by Gasteiger charge is -2.39. The van der Waals surface area contributed by atoms with Crippen LogP contribution < -0.4 is 5.56 Å². The molecule has 0 saturated carbocycles. The first-order valence-electron chi connectivity index (χ1n) is 9.78. The Morgan fingerprint density at radius 3 is 2.74 bits per heavy atom. The maximum atomic E-state index is 13.1. The van der Waals surface area contributed by atoms with Gasteiger partial charge in [0.25, 0.3) is 5.56 Å². The number of hydrogen-bond donors (Lipinski definition) is 1. The number of likely N-dealkylation sites (tertiary alicyclic amines) is 1. The van der Waals surface area contributed by atoms with Gasteiger partial charge in [-0.3, -0.25) is 14.5 Å². The van der Waals surface area contributed by atoms with E-state index in [1.165, 1.54) is 6.42 Å². The first-order chi connectivity index (χ1) is 13.2.